The molecule has 1 atom stereocenters. The van der Waals surface area contributed by atoms with E-state index < -0.39 is 10.0 Å². The Labute approximate surface area is 209 Å². The Bertz CT molecular complexity index is 1270. The van der Waals surface area contributed by atoms with E-state index in [0.29, 0.717) is 12.1 Å². The van der Waals surface area contributed by atoms with E-state index in [-0.39, 0.29) is 23.4 Å². The first kappa shape index (κ1) is 25.0. The van der Waals surface area contributed by atoms with Gasteiger partial charge in [0.05, 0.1) is 16.6 Å². The van der Waals surface area contributed by atoms with Gasteiger partial charge >= 0.3 is 0 Å². The zero-order chi connectivity index (χ0) is 24.8. The van der Waals surface area contributed by atoms with E-state index in [1.807, 2.05) is 32.0 Å². The van der Waals surface area contributed by atoms with Crippen molar-refractivity contribution in [2.75, 3.05) is 10.8 Å². The summed E-state index contributed by atoms with van der Waals surface area (Å²) in [5.41, 5.74) is 5.26. The van der Waals surface area contributed by atoms with Crippen LogP contribution in [0.5, 0.6) is 0 Å². The number of rotatable bonds is 9. The number of aryl methyl sites for hydroxylation is 3. The zero-order valence-electron chi connectivity index (χ0n) is 20.5. The van der Waals surface area contributed by atoms with Crippen LogP contribution in [0.2, 0.25) is 0 Å². The fourth-order valence-electron chi connectivity index (χ4n) is 4.83. The minimum absolute atomic E-state index is 0.167. The van der Waals surface area contributed by atoms with Crippen molar-refractivity contribution in [2.45, 2.75) is 63.3 Å². The van der Waals surface area contributed by atoms with Crippen molar-refractivity contribution in [3.63, 3.8) is 0 Å². The first-order valence-corrected chi connectivity index (χ1v) is 13.9. The predicted molar refractivity (Wildman–Crippen MR) is 141 cm³/mol. The summed E-state index contributed by atoms with van der Waals surface area (Å²) in [7, 11) is -3.93. The van der Waals surface area contributed by atoms with Gasteiger partial charge in [-0.2, -0.15) is 0 Å². The van der Waals surface area contributed by atoms with Gasteiger partial charge in [0.2, 0.25) is 5.91 Å². The Kier molecular flexibility index (Phi) is 7.91. The van der Waals surface area contributed by atoms with Crippen LogP contribution in [0.3, 0.4) is 0 Å². The summed E-state index contributed by atoms with van der Waals surface area (Å²) < 4.78 is 28.6. The molecular formula is C29H34N2O3S. The van der Waals surface area contributed by atoms with Crippen molar-refractivity contribution >= 4 is 21.6 Å². The highest BCUT2D eigenvalue weighted by atomic mass is 32.2. The Morgan fingerprint density at radius 1 is 0.914 bits per heavy atom. The van der Waals surface area contributed by atoms with Crippen molar-refractivity contribution < 1.29 is 13.2 Å². The van der Waals surface area contributed by atoms with Crippen molar-refractivity contribution in [2.24, 2.45) is 0 Å². The molecule has 3 aromatic carbocycles. The summed E-state index contributed by atoms with van der Waals surface area (Å²) >= 11 is 0. The molecule has 1 amide bonds. The number of anilines is 1. The fraction of sp³-hybridized carbons (Fsp3) is 0.345. The molecule has 0 aromatic heterocycles. The number of carbonyl (C=O) groups excluding carboxylic acids is 1. The molecule has 3 aromatic rings. The molecule has 184 valence electrons. The molecule has 1 N–H and O–H groups in total. The van der Waals surface area contributed by atoms with Gasteiger partial charge in [-0.15, -0.1) is 0 Å². The van der Waals surface area contributed by atoms with Gasteiger partial charge in [0, 0.05) is 0 Å². The lowest BCUT2D eigenvalue weighted by Crippen LogP contribution is -2.42. The van der Waals surface area contributed by atoms with Crippen LogP contribution in [-0.4, -0.2) is 20.9 Å². The second kappa shape index (κ2) is 11.1. The number of amides is 1. The summed E-state index contributed by atoms with van der Waals surface area (Å²) in [5.74, 6) is -0.319. The second-order valence-corrected chi connectivity index (χ2v) is 10.9. The number of carbonyl (C=O) groups is 1. The van der Waals surface area contributed by atoms with Gasteiger partial charge in [0.15, 0.2) is 0 Å². The summed E-state index contributed by atoms with van der Waals surface area (Å²) in [6.07, 6.45) is 5.99. The fourth-order valence-corrected chi connectivity index (χ4v) is 6.31. The molecule has 0 fully saturated rings. The molecule has 0 saturated heterocycles. The third-order valence-electron chi connectivity index (χ3n) is 6.78. The molecule has 0 aliphatic heterocycles. The molecule has 0 bridgehead atoms. The zero-order valence-corrected chi connectivity index (χ0v) is 21.4. The first-order chi connectivity index (χ1) is 16.9. The molecule has 6 heteroatoms. The molecule has 1 aliphatic rings. The number of benzene rings is 3. The number of nitrogens with one attached hydrogen (secondary N) is 1. The van der Waals surface area contributed by atoms with E-state index >= 15 is 0 Å². The highest BCUT2D eigenvalue weighted by molar-refractivity contribution is 7.92. The Hall–Kier alpha value is -3.12. The van der Waals surface area contributed by atoms with E-state index in [2.05, 4.69) is 23.5 Å². The van der Waals surface area contributed by atoms with E-state index in [1.165, 1.54) is 28.3 Å². The standard InChI is InChI=1S/C29H34N2O3S/c1-3-22-12-10-11-17-28(22)31(35(33,34)26-15-6-5-7-16-26)21-29(32)30-27(4-2)25-19-18-23-13-8-9-14-24(23)20-25/h5-7,10-12,15-20,27H,3-4,8-9,13-14,21H2,1-2H3,(H,30,32)/t27-/m1/s1. The van der Waals surface area contributed by atoms with Crippen LogP contribution in [-0.2, 0) is 34.1 Å². The van der Waals surface area contributed by atoms with Gasteiger partial charge in [-0.1, -0.05) is 68.4 Å². The maximum absolute atomic E-state index is 13.7. The SMILES string of the molecule is CCc1ccccc1N(CC(=O)N[C@H](CC)c1ccc2c(c1)CCCC2)S(=O)(=O)c1ccccc1. The maximum Gasteiger partial charge on any atom is 0.264 e. The van der Waals surface area contributed by atoms with Crippen molar-refractivity contribution in [1.29, 1.82) is 0 Å². The third kappa shape index (κ3) is 5.59. The van der Waals surface area contributed by atoms with E-state index in [9.17, 15) is 13.2 Å². The summed E-state index contributed by atoms with van der Waals surface area (Å²) in [6, 6.07) is 22.0. The Morgan fingerprint density at radius 3 is 2.31 bits per heavy atom. The lowest BCUT2D eigenvalue weighted by atomic mass is 9.89. The van der Waals surface area contributed by atoms with Crippen LogP contribution in [0.25, 0.3) is 0 Å². The monoisotopic (exact) mass is 490 g/mol. The molecule has 1 aliphatic carbocycles. The molecular weight excluding hydrogens is 456 g/mol. The highest BCUT2D eigenvalue weighted by Crippen LogP contribution is 2.29. The number of hydrogen-bond donors (Lipinski definition) is 1. The lowest BCUT2D eigenvalue weighted by Gasteiger charge is -2.27. The van der Waals surface area contributed by atoms with Gasteiger partial charge in [0.1, 0.15) is 6.54 Å². The summed E-state index contributed by atoms with van der Waals surface area (Å²) in [5, 5.41) is 3.11. The molecule has 0 radical (unpaired) electrons. The summed E-state index contributed by atoms with van der Waals surface area (Å²) in [6.45, 7) is 3.74. The molecule has 0 heterocycles. The first-order valence-electron chi connectivity index (χ1n) is 12.5. The number of sulfonamides is 1. The predicted octanol–water partition coefficient (Wildman–Crippen LogP) is 5.59. The van der Waals surface area contributed by atoms with Crippen LogP contribution in [0.4, 0.5) is 5.69 Å². The normalized spacial score (nSPS) is 14.1. The lowest BCUT2D eigenvalue weighted by molar-refractivity contribution is -0.120. The Morgan fingerprint density at radius 2 is 1.60 bits per heavy atom. The van der Waals surface area contributed by atoms with Crippen LogP contribution in [0, 0.1) is 0 Å². The second-order valence-electron chi connectivity index (χ2n) is 9.07. The quantitative estimate of drug-likeness (QED) is 0.425. The van der Waals surface area contributed by atoms with E-state index in [1.54, 1.807) is 36.4 Å². The maximum atomic E-state index is 13.7. The van der Waals surface area contributed by atoms with Gasteiger partial charge in [0.25, 0.3) is 10.0 Å². The van der Waals surface area contributed by atoms with Crippen LogP contribution in [0.1, 0.15) is 61.4 Å². The third-order valence-corrected chi connectivity index (χ3v) is 8.55. The average molecular weight is 491 g/mol. The number of fused-ring (bicyclic) bond motifs is 1. The molecule has 0 unspecified atom stereocenters. The minimum Gasteiger partial charge on any atom is -0.348 e. The smallest absolute Gasteiger partial charge is 0.264 e. The molecule has 0 saturated carbocycles. The molecule has 0 spiro atoms. The highest BCUT2D eigenvalue weighted by Gasteiger charge is 2.29. The van der Waals surface area contributed by atoms with Crippen LogP contribution < -0.4 is 9.62 Å². The molecule has 4 rings (SSSR count). The summed E-state index contributed by atoms with van der Waals surface area (Å²) in [4.78, 5) is 13.5. The number of para-hydroxylation sites is 1. The molecule has 5 nitrogen and oxygen atoms in total. The van der Waals surface area contributed by atoms with Crippen LogP contribution >= 0.6 is 0 Å². The number of nitrogens with zero attached hydrogens (tertiary/aromatic N) is 1. The topological polar surface area (TPSA) is 66.5 Å². The molecule has 35 heavy (non-hydrogen) atoms. The van der Waals surface area contributed by atoms with Crippen molar-refractivity contribution in [1.82, 2.24) is 5.32 Å². The van der Waals surface area contributed by atoms with E-state index in [4.69, 9.17) is 0 Å². The minimum atomic E-state index is -3.93. The van der Waals surface area contributed by atoms with Gasteiger partial charge in [-0.3, -0.25) is 9.10 Å². The van der Waals surface area contributed by atoms with Crippen molar-refractivity contribution in [3.8, 4) is 0 Å². The van der Waals surface area contributed by atoms with Crippen molar-refractivity contribution in [3.05, 3.63) is 95.1 Å². The largest absolute Gasteiger partial charge is 0.348 e. The van der Waals surface area contributed by atoms with Crippen LogP contribution in [0.15, 0.2) is 77.7 Å². The van der Waals surface area contributed by atoms with Gasteiger partial charge in [-0.25, -0.2) is 8.42 Å². The Balaban J connectivity index is 1.62. The van der Waals surface area contributed by atoms with E-state index in [0.717, 1.165) is 30.4 Å². The average Bonchev–Trinajstić information content (AvgIpc) is 2.90. The number of hydrogen-bond acceptors (Lipinski definition) is 3. The van der Waals surface area contributed by atoms with Gasteiger partial charge < -0.3 is 5.32 Å². The van der Waals surface area contributed by atoms with Gasteiger partial charge in [-0.05, 0) is 79.0 Å².